The number of hydrogen-bond donors (Lipinski definition) is 2. The molecule has 0 fully saturated rings. The van der Waals surface area contributed by atoms with Gasteiger partial charge in [-0.1, -0.05) is 127 Å². The maximum absolute atomic E-state index is 4.89. The first-order valence-corrected chi connectivity index (χ1v) is 13.3. The van der Waals surface area contributed by atoms with Crippen LogP contribution >= 0.6 is 0 Å². The minimum absolute atomic E-state index is 0.826. The predicted molar refractivity (Wildman–Crippen MR) is 163 cm³/mol. The molecule has 0 amide bonds. The van der Waals surface area contributed by atoms with Crippen molar-refractivity contribution in [2.24, 2.45) is 0 Å². The minimum atomic E-state index is 0.826. The maximum atomic E-state index is 4.89. The molecule has 0 unspecified atom stereocenters. The smallest absolute Gasteiger partial charge is 0.138 e. The SMILES string of the molecule is c1ccc(-c2ccc(-c3c[nH]c(-c4cccc(-c5nc(-c6ccc(-c7ccccc7)cc6)c[nH]5)c4)n3)cc2)cc1. The quantitative estimate of drug-likeness (QED) is 0.232. The van der Waals surface area contributed by atoms with Crippen molar-refractivity contribution in [1.82, 2.24) is 19.9 Å². The molecule has 0 radical (unpaired) electrons. The molecule has 0 saturated heterocycles. The number of rotatable bonds is 6. The molecular weight excluding hydrogens is 488 g/mol. The second-order valence-electron chi connectivity index (χ2n) is 9.74. The molecule has 4 heteroatoms. The largest absolute Gasteiger partial charge is 0.344 e. The fourth-order valence-corrected chi connectivity index (χ4v) is 4.98. The van der Waals surface area contributed by atoms with Gasteiger partial charge >= 0.3 is 0 Å². The summed E-state index contributed by atoms with van der Waals surface area (Å²) in [7, 11) is 0. The van der Waals surface area contributed by atoms with Gasteiger partial charge in [0.25, 0.3) is 0 Å². The second kappa shape index (κ2) is 10.4. The van der Waals surface area contributed by atoms with Crippen molar-refractivity contribution in [3.05, 3.63) is 146 Å². The van der Waals surface area contributed by atoms with Gasteiger partial charge in [-0.25, -0.2) is 9.97 Å². The molecular formula is C36H26N4. The first-order valence-electron chi connectivity index (χ1n) is 13.3. The van der Waals surface area contributed by atoms with Crippen molar-refractivity contribution in [2.75, 3.05) is 0 Å². The van der Waals surface area contributed by atoms with Crippen LogP contribution in [-0.2, 0) is 0 Å². The summed E-state index contributed by atoms with van der Waals surface area (Å²) in [6, 6.07) is 46.1. The summed E-state index contributed by atoms with van der Waals surface area (Å²) in [6.07, 6.45) is 3.92. The zero-order chi connectivity index (χ0) is 26.7. The Balaban J connectivity index is 1.10. The van der Waals surface area contributed by atoms with Crippen LogP contribution in [0.5, 0.6) is 0 Å². The molecule has 0 aliphatic carbocycles. The van der Waals surface area contributed by atoms with Crippen LogP contribution in [0.4, 0.5) is 0 Å². The molecule has 0 aliphatic heterocycles. The Hall–Kier alpha value is -5.48. The van der Waals surface area contributed by atoms with Crippen LogP contribution < -0.4 is 0 Å². The molecule has 0 aliphatic rings. The molecule has 5 aromatic carbocycles. The van der Waals surface area contributed by atoms with Gasteiger partial charge in [-0.15, -0.1) is 0 Å². The minimum Gasteiger partial charge on any atom is -0.344 e. The van der Waals surface area contributed by atoms with Gasteiger partial charge in [0.05, 0.1) is 11.4 Å². The molecule has 7 aromatic rings. The van der Waals surface area contributed by atoms with Crippen LogP contribution in [0.3, 0.4) is 0 Å². The van der Waals surface area contributed by atoms with Gasteiger partial charge in [-0.05, 0) is 28.3 Å². The lowest BCUT2D eigenvalue weighted by atomic mass is 10.0. The highest BCUT2D eigenvalue weighted by Gasteiger charge is 2.11. The highest BCUT2D eigenvalue weighted by molar-refractivity contribution is 5.73. The Bertz CT molecular complexity index is 1730. The second-order valence-corrected chi connectivity index (χ2v) is 9.74. The number of benzene rings is 5. The Morgan fingerprint density at radius 3 is 1.10 bits per heavy atom. The third kappa shape index (κ3) is 4.74. The van der Waals surface area contributed by atoms with Crippen LogP contribution in [0.2, 0.25) is 0 Å². The summed E-state index contributed by atoms with van der Waals surface area (Å²) in [6.45, 7) is 0. The molecule has 2 heterocycles. The zero-order valence-corrected chi connectivity index (χ0v) is 21.8. The Labute approximate surface area is 233 Å². The van der Waals surface area contributed by atoms with E-state index in [1.54, 1.807) is 0 Å². The van der Waals surface area contributed by atoms with Crippen molar-refractivity contribution in [2.45, 2.75) is 0 Å². The normalized spacial score (nSPS) is 11.0. The molecule has 7 rings (SSSR count). The van der Waals surface area contributed by atoms with E-state index in [1.165, 1.54) is 22.3 Å². The fourth-order valence-electron chi connectivity index (χ4n) is 4.98. The molecule has 2 aromatic heterocycles. The number of nitrogens with zero attached hydrogens (tertiary/aromatic N) is 2. The highest BCUT2D eigenvalue weighted by atomic mass is 14.9. The number of aromatic amines is 2. The molecule has 190 valence electrons. The number of H-pyrrole nitrogens is 2. The third-order valence-corrected chi connectivity index (χ3v) is 7.14. The zero-order valence-electron chi connectivity index (χ0n) is 21.8. The number of nitrogens with one attached hydrogen (secondary N) is 2. The summed E-state index contributed by atoms with van der Waals surface area (Å²) in [5, 5.41) is 0. The van der Waals surface area contributed by atoms with E-state index in [1.807, 2.05) is 30.6 Å². The summed E-state index contributed by atoms with van der Waals surface area (Å²) in [5.74, 6) is 1.65. The van der Waals surface area contributed by atoms with Gasteiger partial charge in [-0.3, -0.25) is 0 Å². The average Bonchev–Trinajstić information content (AvgIpc) is 3.74. The Kier molecular flexibility index (Phi) is 6.11. The Morgan fingerprint density at radius 1 is 0.325 bits per heavy atom. The molecule has 0 atom stereocenters. The van der Waals surface area contributed by atoms with E-state index in [2.05, 4.69) is 125 Å². The monoisotopic (exact) mass is 514 g/mol. The van der Waals surface area contributed by atoms with Crippen LogP contribution in [0, 0.1) is 0 Å². The van der Waals surface area contributed by atoms with Crippen molar-refractivity contribution in [1.29, 1.82) is 0 Å². The first-order chi connectivity index (χ1) is 19.8. The molecule has 40 heavy (non-hydrogen) atoms. The van der Waals surface area contributed by atoms with Crippen LogP contribution in [-0.4, -0.2) is 19.9 Å². The van der Waals surface area contributed by atoms with Crippen LogP contribution in [0.25, 0.3) is 67.5 Å². The predicted octanol–water partition coefficient (Wildman–Crippen LogP) is 9.13. The average molecular weight is 515 g/mol. The summed E-state index contributed by atoms with van der Waals surface area (Å²) >= 11 is 0. The first kappa shape index (κ1) is 23.6. The van der Waals surface area contributed by atoms with Crippen molar-refractivity contribution >= 4 is 0 Å². The fraction of sp³-hybridized carbons (Fsp3) is 0. The van der Waals surface area contributed by atoms with Gasteiger partial charge in [0.2, 0.25) is 0 Å². The standard InChI is InChI=1S/C36H26N4/c1-3-8-25(9-4-1)27-14-18-29(19-15-27)33-23-37-35(39-33)31-12-7-13-32(22-31)36-38-24-34(40-36)30-20-16-28(17-21-30)26-10-5-2-6-11-26/h1-24H,(H,37,39)(H,38,40). The van der Waals surface area contributed by atoms with Crippen molar-refractivity contribution in [3.8, 4) is 67.5 Å². The van der Waals surface area contributed by atoms with E-state index >= 15 is 0 Å². The van der Waals surface area contributed by atoms with Gasteiger partial charge in [-0.2, -0.15) is 0 Å². The molecule has 0 saturated carbocycles. The van der Waals surface area contributed by atoms with E-state index in [9.17, 15) is 0 Å². The summed E-state index contributed by atoms with van der Waals surface area (Å²) in [5.41, 5.74) is 10.8. The van der Waals surface area contributed by atoms with Gasteiger partial charge in [0.1, 0.15) is 11.6 Å². The highest BCUT2D eigenvalue weighted by Crippen LogP contribution is 2.29. The van der Waals surface area contributed by atoms with Gasteiger partial charge < -0.3 is 9.97 Å². The lowest BCUT2D eigenvalue weighted by Crippen LogP contribution is -1.86. The van der Waals surface area contributed by atoms with Gasteiger partial charge in [0.15, 0.2) is 0 Å². The summed E-state index contributed by atoms with van der Waals surface area (Å²) in [4.78, 5) is 16.5. The number of aromatic nitrogens is 4. The number of hydrogen-bond acceptors (Lipinski definition) is 2. The van der Waals surface area contributed by atoms with E-state index in [0.717, 1.165) is 45.3 Å². The van der Waals surface area contributed by atoms with Crippen LogP contribution in [0.15, 0.2) is 146 Å². The third-order valence-electron chi connectivity index (χ3n) is 7.14. The topological polar surface area (TPSA) is 57.4 Å². The number of imidazole rings is 2. The van der Waals surface area contributed by atoms with E-state index in [4.69, 9.17) is 9.97 Å². The van der Waals surface area contributed by atoms with Gasteiger partial charge in [0, 0.05) is 34.6 Å². The lowest BCUT2D eigenvalue weighted by Gasteiger charge is -2.03. The van der Waals surface area contributed by atoms with Crippen molar-refractivity contribution < 1.29 is 0 Å². The Morgan fingerprint density at radius 2 is 0.675 bits per heavy atom. The van der Waals surface area contributed by atoms with Crippen molar-refractivity contribution in [3.63, 3.8) is 0 Å². The molecule has 2 N–H and O–H groups in total. The lowest BCUT2D eigenvalue weighted by molar-refractivity contribution is 1.29. The van der Waals surface area contributed by atoms with Crippen LogP contribution in [0.1, 0.15) is 0 Å². The van der Waals surface area contributed by atoms with E-state index < -0.39 is 0 Å². The molecule has 0 spiro atoms. The summed E-state index contributed by atoms with van der Waals surface area (Å²) < 4.78 is 0. The molecule has 4 nitrogen and oxygen atoms in total. The maximum Gasteiger partial charge on any atom is 0.138 e. The van der Waals surface area contributed by atoms with E-state index in [0.29, 0.717) is 0 Å². The van der Waals surface area contributed by atoms with E-state index in [-0.39, 0.29) is 0 Å². The molecule has 0 bridgehead atoms.